The number of hydrogen-bond acceptors (Lipinski definition) is 2. The largest absolute Gasteiger partial charge is 0.497 e. The van der Waals surface area contributed by atoms with Crippen LogP contribution in [0.2, 0.25) is 0 Å². The van der Waals surface area contributed by atoms with Gasteiger partial charge >= 0.3 is 0 Å². The fourth-order valence-electron chi connectivity index (χ4n) is 1.94. The van der Waals surface area contributed by atoms with Crippen LogP contribution in [0.15, 0.2) is 48.5 Å². The molecule has 2 rings (SSSR count). The Labute approximate surface area is 102 Å². The van der Waals surface area contributed by atoms with E-state index in [0.29, 0.717) is 6.54 Å². The van der Waals surface area contributed by atoms with Crippen molar-refractivity contribution < 1.29 is 4.74 Å². The zero-order valence-electron chi connectivity index (χ0n) is 10.0. The number of nitrogens with two attached hydrogens (primary N) is 1. The molecule has 88 valence electrons. The second kappa shape index (κ2) is 5.51. The summed E-state index contributed by atoms with van der Waals surface area (Å²) in [4.78, 5) is 0. The summed E-state index contributed by atoms with van der Waals surface area (Å²) in [6, 6.07) is 16.5. The lowest BCUT2D eigenvalue weighted by atomic mass is 9.97. The first-order chi connectivity index (χ1) is 8.35. The third kappa shape index (κ3) is 2.66. The molecule has 0 aromatic heterocycles. The van der Waals surface area contributed by atoms with Gasteiger partial charge in [-0.15, -0.1) is 0 Å². The second-order valence-electron chi connectivity index (χ2n) is 3.93. The summed E-state index contributed by atoms with van der Waals surface area (Å²) in [5, 5.41) is 0. The number of rotatable bonds is 4. The lowest BCUT2D eigenvalue weighted by Gasteiger charge is -2.11. The van der Waals surface area contributed by atoms with Crippen LogP contribution < -0.4 is 10.5 Å². The maximum atomic E-state index is 5.65. The topological polar surface area (TPSA) is 35.2 Å². The van der Waals surface area contributed by atoms with E-state index >= 15 is 0 Å². The number of benzene rings is 2. The van der Waals surface area contributed by atoms with Crippen LogP contribution in [0, 0.1) is 0 Å². The standard InChI is InChI=1S/C15H17NO/c1-17-14-8-7-13(9-10-16)15(11-14)12-5-3-2-4-6-12/h2-8,11H,9-10,16H2,1H3. The van der Waals surface area contributed by atoms with E-state index in [1.165, 1.54) is 16.7 Å². The van der Waals surface area contributed by atoms with Crippen LogP contribution in [0.25, 0.3) is 11.1 Å². The molecule has 2 N–H and O–H groups in total. The van der Waals surface area contributed by atoms with Crippen molar-refractivity contribution in [2.75, 3.05) is 13.7 Å². The van der Waals surface area contributed by atoms with Crippen LogP contribution in [0.4, 0.5) is 0 Å². The molecule has 0 spiro atoms. The van der Waals surface area contributed by atoms with Crippen molar-refractivity contribution in [2.45, 2.75) is 6.42 Å². The van der Waals surface area contributed by atoms with Gasteiger partial charge < -0.3 is 10.5 Å². The molecule has 0 unspecified atom stereocenters. The Bertz CT molecular complexity index is 480. The average Bonchev–Trinajstić information content (AvgIpc) is 2.40. The van der Waals surface area contributed by atoms with E-state index in [1.54, 1.807) is 7.11 Å². The summed E-state index contributed by atoms with van der Waals surface area (Å²) >= 11 is 0. The van der Waals surface area contributed by atoms with Crippen molar-refractivity contribution in [1.82, 2.24) is 0 Å². The van der Waals surface area contributed by atoms with Gasteiger partial charge in [-0.1, -0.05) is 36.4 Å². The minimum atomic E-state index is 0.659. The molecule has 0 fully saturated rings. The molecule has 0 saturated heterocycles. The molecule has 0 bridgehead atoms. The quantitative estimate of drug-likeness (QED) is 0.871. The van der Waals surface area contributed by atoms with Crippen molar-refractivity contribution in [2.24, 2.45) is 5.73 Å². The predicted molar refractivity (Wildman–Crippen MR) is 71.2 cm³/mol. The van der Waals surface area contributed by atoms with E-state index < -0.39 is 0 Å². The average molecular weight is 227 g/mol. The van der Waals surface area contributed by atoms with Crippen LogP contribution in [0.1, 0.15) is 5.56 Å². The smallest absolute Gasteiger partial charge is 0.119 e. The first kappa shape index (κ1) is 11.7. The number of methoxy groups -OCH3 is 1. The van der Waals surface area contributed by atoms with Crippen LogP contribution in [0.5, 0.6) is 5.75 Å². The Morgan fingerprint density at radius 2 is 1.82 bits per heavy atom. The van der Waals surface area contributed by atoms with Gasteiger partial charge in [0.25, 0.3) is 0 Å². The van der Waals surface area contributed by atoms with Gasteiger partial charge in [-0.2, -0.15) is 0 Å². The molecule has 0 heterocycles. The fourth-order valence-corrected chi connectivity index (χ4v) is 1.94. The first-order valence-corrected chi connectivity index (χ1v) is 5.77. The molecule has 0 aliphatic heterocycles. The molecule has 2 nitrogen and oxygen atoms in total. The van der Waals surface area contributed by atoms with Gasteiger partial charge in [-0.3, -0.25) is 0 Å². The minimum absolute atomic E-state index is 0.659. The zero-order valence-corrected chi connectivity index (χ0v) is 10.0. The third-order valence-corrected chi connectivity index (χ3v) is 2.82. The van der Waals surface area contributed by atoms with Gasteiger partial charge in [0.05, 0.1) is 7.11 Å². The van der Waals surface area contributed by atoms with Crippen LogP contribution in [-0.2, 0) is 6.42 Å². The molecule has 0 saturated carbocycles. The lowest BCUT2D eigenvalue weighted by molar-refractivity contribution is 0.415. The van der Waals surface area contributed by atoms with Gasteiger partial charge in [0.15, 0.2) is 0 Å². The molecule has 2 aromatic rings. The molecule has 0 radical (unpaired) electrons. The fraction of sp³-hybridized carbons (Fsp3) is 0.200. The van der Waals surface area contributed by atoms with Crippen molar-refractivity contribution in [3.63, 3.8) is 0 Å². The molecular formula is C15H17NO. The zero-order chi connectivity index (χ0) is 12.1. The summed E-state index contributed by atoms with van der Waals surface area (Å²) in [7, 11) is 1.69. The van der Waals surface area contributed by atoms with Crippen LogP contribution >= 0.6 is 0 Å². The maximum absolute atomic E-state index is 5.65. The molecule has 0 atom stereocenters. The monoisotopic (exact) mass is 227 g/mol. The van der Waals surface area contributed by atoms with E-state index in [2.05, 4.69) is 24.3 Å². The molecular weight excluding hydrogens is 210 g/mol. The van der Waals surface area contributed by atoms with Gasteiger partial charge in [-0.25, -0.2) is 0 Å². The highest BCUT2D eigenvalue weighted by atomic mass is 16.5. The van der Waals surface area contributed by atoms with Gasteiger partial charge in [0, 0.05) is 0 Å². The van der Waals surface area contributed by atoms with Gasteiger partial charge in [0.2, 0.25) is 0 Å². The van der Waals surface area contributed by atoms with E-state index in [9.17, 15) is 0 Å². The molecule has 0 aliphatic rings. The Kier molecular flexibility index (Phi) is 3.78. The predicted octanol–water partition coefficient (Wildman–Crippen LogP) is 2.86. The number of hydrogen-bond donors (Lipinski definition) is 1. The summed E-state index contributed by atoms with van der Waals surface area (Å²) in [6.07, 6.45) is 0.883. The molecule has 17 heavy (non-hydrogen) atoms. The third-order valence-electron chi connectivity index (χ3n) is 2.82. The summed E-state index contributed by atoms with van der Waals surface area (Å²) < 4.78 is 5.28. The highest BCUT2D eigenvalue weighted by Crippen LogP contribution is 2.28. The van der Waals surface area contributed by atoms with E-state index in [1.807, 2.05) is 24.3 Å². The van der Waals surface area contributed by atoms with E-state index in [0.717, 1.165) is 12.2 Å². The van der Waals surface area contributed by atoms with Crippen molar-refractivity contribution in [1.29, 1.82) is 0 Å². The Morgan fingerprint density at radius 1 is 1.06 bits per heavy atom. The molecule has 0 aliphatic carbocycles. The summed E-state index contributed by atoms with van der Waals surface area (Å²) in [5.41, 5.74) is 9.32. The van der Waals surface area contributed by atoms with Gasteiger partial charge in [0.1, 0.15) is 5.75 Å². The van der Waals surface area contributed by atoms with E-state index in [-0.39, 0.29) is 0 Å². The van der Waals surface area contributed by atoms with Crippen molar-refractivity contribution >= 4 is 0 Å². The van der Waals surface area contributed by atoms with Crippen molar-refractivity contribution in [3.8, 4) is 16.9 Å². The number of ether oxygens (including phenoxy) is 1. The minimum Gasteiger partial charge on any atom is -0.497 e. The van der Waals surface area contributed by atoms with Crippen LogP contribution in [0.3, 0.4) is 0 Å². The molecule has 2 heteroatoms. The Hall–Kier alpha value is -1.80. The van der Waals surface area contributed by atoms with Crippen LogP contribution in [-0.4, -0.2) is 13.7 Å². The first-order valence-electron chi connectivity index (χ1n) is 5.77. The van der Waals surface area contributed by atoms with E-state index in [4.69, 9.17) is 10.5 Å². The normalized spacial score (nSPS) is 10.2. The lowest BCUT2D eigenvalue weighted by Crippen LogP contribution is -2.04. The summed E-state index contributed by atoms with van der Waals surface area (Å²) in [6.45, 7) is 0.659. The van der Waals surface area contributed by atoms with Crippen molar-refractivity contribution in [3.05, 3.63) is 54.1 Å². The summed E-state index contributed by atoms with van der Waals surface area (Å²) in [5.74, 6) is 0.879. The Morgan fingerprint density at radius 3 is 2.47 bits per heavy atom. The molecule has 2 aromatic carbocycles. The highest BCUT2D eigenvalue weighted by Gasteiger charge is 2.05. The maximum Gasteiger partial charge on any atom is 0.119 e. The SMILES string of the molecule is COc1ccc(CCN)c(-c2ccccc2)c1. The second-order valence-corrected chi connectivity index (χ2v) is 3.93. The highest BCUT2D eigenvalue weighted by molar-refractivity contribution is 5.69. The molecule has 0 amide bonds. The van der Waals surface area contributed by atoms with Gasteiger partial charge in [-0.05, 0) is 41.8 Å². The Balaban J connectivity index is 2.48.